The van der Waals surface area contributed by atoms with Crippen molar-refractivity contribution >= 4 is 28.9 Å². The zero-order chi connectivity index (χ0) is 15.9. The van der Waals surface area contributed by atoms with Crippen molar-refractivity contribution in [2.75, 3.05) is 11.9 Å². The largest absolute Gasteiger partial charge is 0.462 e. The Morgan fingerprint density at radius 3 is 2.45 bits per heavy atom. The number of rotatable bonds is 6. The number of nitrogens with one attached hydrogen (secondary N) is 1. The fraction of sp³-hybridized carbons (Fsp3) is 0.294. The summed E-state index contributed by atoms with van der Waals surface area (Å²) in [6.45, 7) is 4.44. The van der Waals surface area contributed by atoms with Crippen LogP contribution >= 0.6 is 11.3 Å². The molecule has 0 saturated heterocycles. The van der Waals surface area contributed by atoms with E-state index < -0.39 is 0 Å². The average molecular weight is 317 g/mol. The number of carbonyl (C=O) groups excluding carboxylic acids is 2. The lowest BCUT2D eigenvalue weighted by atomic mass is 10.2. The number of hydrogen-bond donors (Lipinski definition) is 1. The predicted octanol–water partition coefficient (Wildman–Crippen LogP) is 4.27. The standard InChI is InChI=1S/C17H19NO3S/c1-3-4-11-21-17(20)13-6-8-14(9-7-13)18-16(19)15-10-5-12(2)22-15/h5-10H,3-4,11H2,1-2H3,(H,18,19). The molecule has 0 fully saturated rings. The Balaban J connectivity index is 1.94. The molecule has 0 unspecified atom stereocenters. The van der Waals surface area contributed by atoms with Gasteiger partial charge in [-0.05, 0) is 49.7 Å². The molecule has 1 aromatic heterocycles. The second kappa shape index (κ2) is 7.75. The molecule has 0 aliphatic rings. The summed E-state index contributed by atoms with van der Waals surface area (Å²) < 4.78 is 5.14. The van der Waals surface area contributed by atoms with Gasteiger partial charge in [0.15, 0.2) is 0 Å². The van der Waals surface area contributed by atoms with Crippen molar-refractivity contribution in [3.8, 4) is 0 Å². The first-order valence-corrected chi connectivity index (χ1v) is 8.06. The maximum absolute atomic E-state index is 12.0. The highest BCUT2D eigenvalue weighted by atomic mass is 32.1. The first kappa shape index (κ1) is 16.2. The molecule has 0 aliphatic carbocycles. The fourth-order valence-electron chi connectivity index (χ4n) is 1.83. The molecule has 0 radical (unpaired) electrons. The molecule has 4 nitrogen and oxygen atoms in total. The van der Waals surface area contributed by atoms with Gasteiger partial charge in [-0.25, -0.2) is 4.79 Å². The van der Waals surface area contributed by atoms with E-state index in [1.54, 1.807) is 30.3 Å². The highest BCUT2D eigenvalue weighted by molar-refractivity contribution is 7.14. The number of benzene rings is 1. The minimum Gasteiger partial charge on any atom is -0.462 e. The third-order valence-corrected chi connectivity index (χ3v) is 4.07. The normalized spacial score (nSPS) is 10.3. The predicted molar refractivity (Wildman–Crippen MR) is 88.6 cm³/mol. The number of hydrogen-bond acceptors (Lipinski definition) is 4. The summed E-state index contributed by atoms with van der Waals surface area (Å²) in [5.41, 5.74) is 1.14. The lowest BCUT2D eigenvalue weighted by molar-refractivity contribution is 0.0499. The number of anilines is 1. The Labute approximate surface area is 134 Å². The molecule has 0 atom stereocenters. The smallest absolute Gasteiger partial charge is 0.338 e. The zero-order valence-corrected chi connectivity index (χ0v) is 13.5. The van der Waals surface area contributed by atoms with Crippen molar-refractivity contribution in [2.45, 2.75) is 26.7 Å². The first-order valence-electron chi connectivity index (χ1n) is 7.25. The van der Waals surface area contributed by atoms with E-state index in [4.69, 9.17) is 4.74 Å². The Morgan fingerprint density at radius 2 is 1.86 bits per heavy atom. The van der Waals surface area contributed by atoms with E-state index in [0.717, 1.165) is 17.7 Å². The second-order valence-corrected chi connectivity index (χ2v) is 6.22. The van der Waals surface area contributed by atoms with Gasteiger partial charge in [0.05, 0.1) is 17.0 Å². The van der Waals surface area contributed by atoms with Crippen LogP contribution in [0.15, 0.2) is 36.4 Å². The monoisotopic (exact) mass is 317 g/mol. The molecule has 22 heavy (non-hydrogen) atoms. The number of esters is 1. The number of amides is 1. The van der Waals surface area contributed by atoms with E-state index >= 15 is 0 Å². The van der Waals surface area contributed by atoms with E-state index in [9.17, 15) is 9.59 Å². The van der Waals surface area contributed by atoms with Crippen LogP contribution in [0.5, 0.6) is 0 Å². The van der Waals surface area contributed by atoms with Crippen LogP contribution < -0.4 is 5.32 Å². The molecule has 1 heterocycles. The van der Waals surface area contributed by atoms with Crippen molar-refractivity contribution in [3.05, 3.63) is 51.7 Å². The Kier molecular flexibility index (Phi) is 5.72. The molecule has 1 N–H and O–H groups in total. The molecule has 2 aromatic rings. The van der Waals surface area contributed by atoms with Crippen molar-refractivity contribution in [2.24, 2.45) is 0 Å². The third kappa shape index (κ3) is 4.43. The lowest BCUT2D eigenvalue weighted by Crippen LogP contribution is -2.10. The zero-order valence-electron chi connectivity index (χ0n) is 12.7. The molecule has 0 bridgehead atoms. The van der Waals surface area contributed by atoms with E-state index in [0.29, 0.717) is 22.7 Å². The maximum Gasteiger partial charge on any atom is 0.338 e. The maximum atomic E-state index is 12.0. The van der Waals surface area contributed by atoms with Gasteiger partial charge in [-0.15, -0.1) is 11.3 Å². The third-order valence-electron chi connectivity index (χ3n) is 3.07. The molecule has 5 heteroatoms. The summed E-state index contributed by atoms with van der Waals surface area (Å²) in [4.78, 5) is 25.6. The van der Waals surface area contributed by atoms with Crippen LogP contribution in [0.2, 0.25) is 0 Å². The van der Waals surface area contributed by atoms with Crippen LogP contribution in [0.4, 0.5) is 5.69 Å². The van der Waals surface area contributed by atoms with Gasteiger partial charge in [0.25, 0.3) is 5.91 Å². The molecular weight excluding hydrogens is 298 g/mol. The van der Waals surface area contributed by atoms with Crippen molar-refractivity contribution in [1.29, 1.82) is 0 Å². The van der Waals surface area contributed by atoms with E-state index in [2.05, 4.69) is 5.32 Å². The van der Waals surface area contributed by atoms with E-state index in [-0.39, 0.29) is 11.9 Å². The number of aryl methyl sites for hydroxylation is 1. The van der Waals surface area contributed by atoms with Crippen LogP contribution in [0.1, 0.15) is 44.7 Å². The van der Waals surface area contributed by atoms with Crippen LogP contribution in [0, 0.1) is 6.92 Å². The van der Waals surface area contributed by atoms with Crippen LogP contribution in [-0.2, 0) is 4.74 Å². The van der Waals surface area contributed by atoms with Gasteiger partial charge < -0.3 is 10.1 Å². The molecular formula is C17H19NO3S. The van der Waals surface area contributed by atoms with E-state index in [1.165, 1.54) is 11.3 Å². The Hall–Kier alpha value is -2.14. The van der Waals surface area contributed by atoms with Gasteiger partial charge in [0.2, 0.25) is 0 Å². The fourth-order valence-corrected chi connectivity index (χ4v) is 2.59. The summed E-state index contributed by atoms with van der Waals surface area (Å²) in [5, 5.41) is 2.81. The second-order valence-electron chi connectivity index (χ2n) is 4.93. The number of unbranched alkanes of at least 4 members (excludes halogenated alkanes) is 1. The molecule has 116 valence electrons. The van der Waals surface area contributed by atoms with Gasteiger partial charge in [-0.3, -0.25) is 4.79 Å². The summed E-state index contributed by atoms with van der Waals surface area (Å²) in [5.74, 6) is -0.475. The number of ether oxygens (including phenoxy) is 1. The number of carbonyl (C=O) groups is 2. The summed E-state index contributed by atoms with van der Waals surface area (Å²) in [6.07, 6.45) is 1.85. The molecule has 0 saturated carbocycles. The number of thiophene rings is 1. The summed E-state index contributed by atoms with van der Waals surface area (Å²) >= 11 is 1.45. The van der Waals surface area contributed by atoms with Gasteiger partial charge in [0.1, 0.15) is 0 Å². The molecule has 0 aliphatic heterocycles. The van der Waals surface area contributed by atoms with Gasteiger partial charge >= 0.3 is 5.97 Å². The molecule has 1 aromatic carbocycles. The van der Waals surface area contributed by atoms with Crippen molar-refractivity contribution < 1.29 is 14.3 Å². The summed E-state index contributed by atoms with van der Waals surface area (Å²) in [7, 11) is 0. The molecule has 1 amide bonds. The topological polar surface area (TPSA) is 55.4 Å². The highest BCUT2D eigenvalue weighted by Crippen LogP contribution is 2.18. The van der Waals surface area contributed by atoms with Crippen LogP contribution in [-0.4, -0.2) is 18.5 Å². The first-order chi connectivity index (χ1) is 10.6. The molecule has 2 rings (SSSR count). The molecule has 0 spiro atoms. The highest BCUT2D eigenvalue weighted by Gasteiger charge is 2.10. The Morgan fingerprint density at radius 1 is 1.14 bits per heavy atom. The quantitative estimate of drug-likeness (QED) is 0.639. The van der Waals surface area contributed by atoms with E-state index in [1.807, 2.05) is 19.9 Å². The van der Waals surface area contributed by atoms with Crippen molar-refractivity contribution in [3.63, 3.8) is 0 Å². The lowest BCUT2D eigenvalue weighted by Gasteiger charge is -2.06. The van der Waals surface area contributed by atoms with Gasteiger partial charge in [0, 0.05) is 10.6 Å². The SMILES string of the molecule is CCCCOC(=O)c1ccc(NC(=O)c2ccc(C)s2)cc1. The van der Waals surface area contributed by atoms with Gasteiger partial charge in [-0.1, -0.05) is 13.3 Å². The van der Waals surface area contributed by atoms with Gasteiger partial charge in [-0.2, -0.15) is 0 Å². The van der Waals surface area contributed by atoms with Crippen LogP contribution in [0.25, 0.3) is 0 Å². The summed E-state index contributed by atoms with van der Waals surface area (Å²) in [6, 6.07) is 10.4. The average Bonchev–Trinajstić information content (AvgIpc) is 2.95. The van der Waals surface area contributed by atoms with Crippen LogP contribution in [0.3, 0.4) is 0 Å². The Bertz CT molecular complexity index is 646. The minimum absolute atomic E-state index is 0.142. The minimum atomic E-state index is -0.333. The van der Waals surface area contributed by atoms with Crippen molar-refractivity contribution in [1.82, 2.24) is 0 Å².